The molecular formula is C24H20F2N4O3S. The van der Waals surface area contributed by atoms with E-state index in [1.54, 1.807) is 47.3 Å². The molecule has 174 valence electrons. The first-order chi connectivity index (χ1) is 16.4. The largest absolute Gasteiger partial charge is 0.465 e. The van der Waals surface area contributed by atoms with Crippen LogP contribution in [0.25, 0.3) is 5.69 Å². The van der Waals surface area contributed by atoms with Crippen molar-refractivity contribution in [2.45, 2.75) is 18.6 Å². The van der Waals surface area contributed by atoms with Crippen LogP contribution >= 0.6 is 11.8 Å². The summed E-state index contributed by atoms with van der Waals surface area (Å²) in [7, 11) is 0. The van der Waals surface area contributed by atoms with Gasteiger partial charge in [-0.3, -0.25) is 14.2 Å². The fourth-order valence-electron chi connectivity index (χ4n) is 3.15. The molecule has 0 aliphatic heterocycles. The second-order valence-corrected chi connectivity index (χ2v) is 8.23. The third-order valence-corrected chi connectivity index (χ3v) is 5.71. The molecular weight excluding hydrogens is 462 g/mol. The Morgan fingerprint density at radius 3 is 2.76 bits per heavy atom. The number of benzene rings is 2. The molecule has 4 aromatic rings. The van der Waals surface area contributed by atoms with Crippen LogP contribution in [0.4, 0.5) is 14.5 Å². The van der Waals surface area contributed by atoms with Gasteiger partial charge in [0, 0.05) is 29.7 Å². The fourth-order valence-corrected chi connectivity index (χ4v) is 3.92. The normalized spacial score (nSPS) is 10.8. The van der Waals surface area contributed by atoms with Gasteiger partial charge in [0.1, 0.15) is 23.2 Å². The topological polar surface area (TPSA) is 89.2 Å². The molecule has 2 aromatic heterocycles. The van der Waals surface area contributed by atoms with Gasteiger partial charge in [0.15, 0.2) is 5.16 Å². The molecule has 0 spiro atoms. The molecule has 4 rings (SSSR count). The van der Waals surface area contributed by atoms with E-state index in [9.17, 15) is 18.4 Å². The minimum absolute atomic E-state index is 0.0737. The molecule has 0 radical (unpaired) electrons. The van der Waals surface area contributed by atoms with Crippen LogP contribution in [-0.4, -0.2) is 27.1 Å². The SMILES string of the molecule is Cc1ccc(CNC(=O)c2cccc(-n3ccnc3SCC(=O)Nc3cc(F)ccc3F)c2)o1. The van der Waals surface area contributed by atoms with E-state index >= 15 is 0 Å². The third kappa shape index (κ3) is 5.70. The number of anilines is 1. The Hall–Kier alpha value is -3.92. The summed E-state index contributed by atoms with van der Waals surface area (Å²) in [6, 6.07) is 13.4. The highest BCUT2D eigenvalue weighted by Crippen LogP contribution is 2.22. The number of carbonyl (C=O) groups is 2. The van der Waals surface area contributed by atoms with Gasteiger partial charge in [-0.2, -0.15) is 0 Å². The molecule has 0 saturated heterocycles. The Bertz CT molecular complexity index is 1340. The Kier molecular flexibility index (Phi) is 7.07. The number of amides is 2. The van der Waals surface area contributed by atoms with Crippen LogP contribution in [0.3, 0.4) is 0 Å². The van der Waals surface area contributed by atoms with Crippen molar-refractivity contribution in [1.29, 1.82) is 0 Å². The number of rotatable bonds is 8. The number of nitrogens with one attached hydrogen (secondary N) is 2. The number of furan rings is 1. The standard InChI is InChI=1S/C24H20F2N4O3S/c1-15-5-7-19(33-15)13-28-23(32)16-3-2-4-18(11-16)30-10-9-27-24(30)34-14-22(31)29-21-12-17(25)6-8-20(21)26/h2-12H,13-14H2,1H3,(H,28,32)(H,29,31). The molecule has 0 atom stereocenters. The highest BCUT2D eigenvalue weighted by molar-refractivity contribution is 7.99. The first kappa shape index (κ1) is 23.2. The summed E-state index contributed by atoms with van der Waals surface area (Å²) in [5.74, 6) is -0.790. The maximum Gasteiger partial charge on any atom is 0.251 e. The Morgan fingerprint density at radius 2 is 1.97 bits per heavy atom. The quantitative estimate of drug-likeness (QED) is 0.355. The average Bonchev–Trinajstić information content (AvgIpc) is 3.47. The number of carbonyl (C=O) groups excluding carboxylic acids is 2. The summed E-state index contributed by atoms with van der Waals surface area (Å²) in [5, 5.41) is 5.67. The van der Waals surface area contributed by atoms with Gasteiger partial charge in [-0.1, -0.05) is 17.8 Å². The van der Waals surface area contributed by atoms with Crippen LogP contribution in [0.15, 0.2) is 76.6 Å². The van der Waals surface area contributed by atoms with Gasteiger partial charge in [0.2, 0.25) is 5.91 Å². The Labute approximate surface area is 198 Å². The zero-order valence-electron chi connectivity index (χ0n) is 18.0. The predicted octanol–water partition coefficient (Wildman–Crippen LogP) is 4.71. The van der Waals surface area contributed by atoms with Crippen molar-refractivity contribution in [2.75, 3.05) is 11.1 Å². The van der Waals surface area contributed by atoms with Crippen molar-refractivity contribution in [1.82, 2.24) is 14.9 Å². The highest BCUT2D eigenvalue weighted by Gasteiger charge is 2.13. The lowest BCUT2D eigenvalue weighted by Gasteiger charge is -2.10. The molecule has 0 aliphatic carbocycles. The van der Waals surface area contributed by atoms with Crippen molar-refractivity contribution in [2.24, 2.45) is 0 Å². The number of imidazole rings is 1. The molecule has 0 bridgehead atoms. The van der Waals surface area contributed by atoms with Gasteiger partial charge in [0.25, 0.3) is 5.91 Å². The summed E-state index contributed by atoms with van der Waals surface area (Å²) < 4.78 is 34.2. The monoisotopic (exact) mass is 482 g/mol. The van der Waals surface area contributed by atoms with Gasteiger partial charge < -0.3 is 15.1 Å². The van der Waals surface area contributed by atoms with E-state index in [0.717, 1.165) is 35.7 Å². The maximum atomic E-state index is 13.7. The zero-order chi connectivity index (χ0) is 24.1. The lowest BCUT2D eigenvalue weighted by atomic mass is 10.2. The van der Waals surface area contributed by atoms with Crippen molar-refractivity contribution < 1.29 is 22.8 Å². The molecule has 10 heteroatoms. The van der Waals surface area contributed by atoms with Gasteiger partial charge in [0.05, 0.1) is 18.0 Å². The van der Waals surface area contributed by atoms with Crippen LogP contribution in [0.1, 0.15) is 21.9 Å². The summed E-state index contributed by atoms with van der Waals surface area (Å²) >= 11 is 1.12. The molecule has 34 heavy (non-hydrogen) atoms. The van der Waals surface area contributed by atoms with Crippen LogP contribution in [0, 0.1) is 18.6 Å². The van der Waals surface area contributed by atoms with Crippen LogP contribution < -0.4 is 10.6 Å². The number of hydrogen-bond donors (Lipinski definition) is 2. The van der Waals surface area contributed by atoms with E-state index in [0.29, 0.717) is 22.2 Å². The second kappa shape index (κ2) is 10.3. The molecule has 0 saturated carbocycles. The van der Waals surface area contributed by atoms with Crippen LogP contribution in [0.5, 0.6) is 0 Å². The highest BCUT2D eigenvalue weighted by atomic mass is 32.2. The van der Waals surface area contributed by atoms with E-state index in [1.807, 2.05) is 13.0 Å². The number of aromatic nitrogens is 2. The van der Waals surface area contributed by atoms with Gasteiger partial charge in [-0.25, -0.2) is 13.8 Å². The first-order valence-corrected chi connectivity index (χ1v) is 11.2. The summed E-state index contributed by atoms with van der Waals surface area (Å²) in [4.78, 5) is 29.1. The molecule has 2 heterocycles. The van der Waals surface area contributed by atoms with Crippen molar-refractivity contribution in [3.05, 3.63) is 95.7 Å². The summed E-state index contributed by atoms with van der Waals surface area (Å²) in [6.07, 6.45) is 3.27. The minimum atomic E-state index is -0.724. The smallest absolute Gasteiger partial charge is 0.251 e. The van der Waals surface area contributed by atoms with Crippen molar-refractivity contribution in [3.8, 4) is 5.69 Å². The number of nitrogens with zero attached hydrogens (tertiary/aromatic N) is 2. The fraction of sp³-hybridized carbons (Fsp3) is 0.125. The summed E-state index contributed by atoms with van der Waals surface area (Å²) in [6.45, 7) is 2.10. The summed E-state index contributed by atoms with van der Waals surface area (Å²) in [5.41, 5.74) is 0.903. The van der Waals surface area contributed by atoms with E-state index in [4.69, 9.17) is 4.42 Å². The molecule has 0 unspecified atom stereocenters. The Balaban J connectivity index is 1.40. The molecule has 0 fully saturated rings. The number of halogens is 2. The first-order valence-electron chi connectivity index (χ1n) is 10.2. The van der Waals surface area contributed by atoms with Crippen LogP contribution in [0.2, 0.25) is 0 Å². The third-order valence-electron chi connectivity index (χ3n) is 4.75. The Morgan fingerprint density at radius 1 is 1.12 bits per heavy atom. The van der Waals surface area contributed by atoms with Crippen molar-refractivity contribution >= 4 is 29.3 Å². The van der Waals surface area contributed by atoms with Gasteiger partial charge >= 0.3 is 0 Å². The maximum absolute atomic E-state index is 13.7. The molecule has 2 amide bonds. The zero-order valence-corrected chi connectivity index (χ0v) is 18.9. The molecule has 2 aromatic carbocycles. The second-order valence-electron chi connectivity index (χ2n) is 7.29. The van der Waals surface area contributed by atoms with Gasteiger partial charge in [-0.05, 0) is 49.4 Å². The van der Waals surface area contributed by atoms with E-state index in [2.05, 4.69) is 15.6 Å². The van der Waals surface area contributed by atoms with E-state index in [-0.39, 0.29) is 23.9 Å². The van der Waals surface area contributed by atoms with Crippen molar-refractivity contribution in [3.63, 3.8) is 0 Å². The lowest BCUT2D eigenvalue weighted by Crippen LogP contribution is -2.22. The average molecular weight is 483 g/mol. The molecule has 7 nitrogen and oxygen atoms in total. The van der Waals surface area contributed by atoms with E-state index in [1.165, 1.54) is 0 Å². The van der Waals surface area contributed by atoms with Gasteiger partial charge in [-0.15, -0.1) is 0 Å². The van der Waals surface area contributed by atoms with Crippen LogP contribution in [-0.2, 0) is 11.3 Å². The molecule has 0 aliphatic rings. The molecule has 2 N–H and O–H groups in total. The lowest BCUT2D eigenvalue weighted by molar-refractivity contribution is -0.113. The predicted molar refractivity (Wildman–Crippen MR) is 124 cm³/mol. The minimum Gasteiger partial charge on any atom is -0.465 e. The number of hydrogen-bond acceptors (Lipinski definition) is 5. The van der Waals surface area contributed by atoms with E-state index < -0.39 is 17.5 Å². The number of thioether (sulfide) groups is 1. The number of aryl methyl sites for hydroxylation is 1.